The molecule has 15 heavy (non-hydrogen) atoms. The molecule has 1 aromatic carbocycles. The van der Waals surface area contributed by atoms with E-state index < -0.39 is 0 Å². The third-order valence-corrected chi connectivity index (χ3v) is 3.56. The van der Waals surface area contributed by atoms with Gasteiger partial charge in [-0.1, -0.05) is 34.1 Å². The van der Waals surface area contributed by atoms with Gasteiger partial charge in [0.25, 0.3) is 0 Å². The Morgan fingerprint density at radius 3 is 2.33 bits per heavy atom. The summed E-state index contributed by atoms with van der Waals surface area (Å²) in [7, 11) is 0. The van der Waals surface area contributed by atoms with Gasteiger partial charge in [0.2, 0.25) is 0 Å². The van der Waals surface area contributed by atoms with E-state index in [1.807, 2.05) is 23.6 Å². The molecule has 0 saturated heterocycles. The van der Waals surface area contributed by atoms with Crippen LogP contribution in [0.1, 0.15) is 16.5 Å². The van der Waals surface area contributed by atoms with Crippen LogP contribution >= 0.6 is 39.7 Å². The van der Waals surface area contributed by atoms with Crippen LogP contribution in [0, 0.1) is 0 Å². The predicted octanol–water partition coefficient (Wildman–Crippen LogP) is 3.98. The topological polar surface area (TPSA) is 26.0 Å². The number of nitrogens with two attached hydrogens (primary N) is 1. The zero-order valence-electron chi connectivity index (χ0n) is 7.89. The summed E-state index contributed by atoms with van der Waals surface area (Å²) in [4.78, 5) is 1.20. The van der Waals surface area contributed by atoms with Gasteiger partial charge >= 0.3 is 0 Å². The van der Waals surface area contributed by atoms with Gasteiger partial charge in [-0.2, -0.15) is 0 Å². The molecule has 2 rings (SSSR count). The van der Waals surface area contributed by atoms with E-state index in [1.54, 1.807) is 11.3 Å². The van der Waals surface area contributed by atoms with Crippen LogP contribution in [0.2, 0.25) is 0 Å². The molecule has 1 heterocycles. The van der Waals surface area contributed by atoms with Gasteiger partial charge in [0.1, 0.15) is 0 Å². The first kappa shape index (κ1) is 12.7. The third kappa shape index (κ3) is 3.05. The summed E-state index contributed by atoms with van der Waals surface area (Å²) in [6.45, 7) is 0. The quantitative estimate of drug-likeness (QED) is 0.892. The van der Waals surface area contributed by atoms with Gasteiger partial charge in [0.15, 0.2) is 0 Å². The van der Waals surface area contributed by atoms with Crippen LogP contribution in [0.4, 0.5) is 0 Å². The number of hydrogen-bond acceptors (Lipinski definition) is 2. The van der Waals surface area contributed by atoms with E-state index in [9.17, 15) is 0 Å². The van der Waals surface area contributed by atoms with E-state index in [-0.39, 0.29) is 18.4 Å². The highest BCUT2D eigenvalue weighted by Crippen LogP contribution is 2.24. The van der Waals surface area contributed by atoms with E-state index in [4.69, 9.17) is 5.73 Å². The number of rotatable bonds is 2. The van der Waals surface area contributed by atoms with Crippen molar-refractivity contribution in [3.05, 3.63) is 56.7 Å². The summed E-state index contributed by atoms with van der Waals surface area (Å²) in [6, 6.07) is 12.2. The first-order valence-electron chi connectivity index (χ1n) is 4.32. The molecule has 2 N–H and O–H groups in total. The summed E-state index contributed by atoms with van der Waals surface area (Å²) >= 11 is 5.10. The number of halogens is 2. The van der Waals surface area contributed by atoms with Crippen LogP contribution in [-0.2, 0) is 0 Å². The Hall–Kier alpha value is -0.350. The zero-order valence-corrected chi connectivity index (χ0v) is 11.1. The van der Waals surface area contributed by atoms with Crippen LogP contribution in [-0.4, -0.2) is 0 Å². The molecule has 0 aliphatic heterocycles. The molecule has 0 bridgehead atoms. The van der Waals surface area contributed by atoms with Crippen molar-refractivity contribution in [2.75, 3.05) is 0 Å². The Morgan fingerprint density at radius 2 is 1.80 bits per heavy atom. The lowest BCUT2D eigenvalue weighted by Crippen LogP contribution is -2.09. The van der Waals surface area contributed by atoms with Gasteiger partial charge in [-0.05, 0) is 29.1 Å². The third-order valence-electron chi connectivity index (χ3n) is 2.08. The Labute approximate surface area is 108 Å². The van der Waals surface area contributed by atoms with Crippen molar-refractivity contribution in [3.8, 4) is 0 Å². The molecular formula is C11H11BrClNS. The molecule has 0 saturated carbocycles. The summed E-state index contributed by atoms with van der Waals surface area (Å²) in [5.74, 6) is 0. The molecule has 2 aromatic rings. The zero-order chi connectivity index (χ0) is 9.97. The Kier molecular flexibility index (Phi) is 4.80. The van der Waals surface area contributed by atoms with Crippen LogP contribution in [0.5, 0.6) is 0 Å². The van der Waals surface area contributed by atoms with E-state index in [2.05, 4.69) is 34.1 Å². The molecular weight excluding hydrogens is 294 g/mol. The minimum atomic E-state index is 0. The van der Waals surface area contributed by atoms with Gasteiger partial charge in [-0.3, -0.25) is 0 Å². The fourth-order valence-electron chi connectivity index (χ4n) is 1.30. The number of thiophene rings is 1. The SMILES string of the molecule is Cl.N[C@H](c1ccc(Br)cc1)c1cccs1. The maximum Gasteiger partial charge on any atom is 0.0646 e. The lowest BCUT2D eigenvalue weighted by Gasteiger charge is -2.09. The molecule has 0 unspecified atom stereocenters. The van der Waals surface area contributed by atoms with Crippen LogP contribution in [0.3, 0.4) is 0 Å². The number of benzene rings is 1. The Morgan fingerprint density at radius 1 is 1.13 bits per heavy atom. The maximum absolute atomic E-state index is 6.11. The van der Waals surface area contributed by atoms with Crippen LogP contribution < -0.4 is 5.73 Å². The Bertz CT molecular complexity index is 399. The molecule has 0 amide bonds. The largest absolute Gasteiger partial charge is 0.320 e. The number of hydrogen-bond donors (Lipinski definition) is 1. The summed E-state index contributed by atoms with van der Waals surface area (Å²) < 4.78 is 1.08. The average molecular weight is 305 g/mol. The Balaban J connectivity index is 0.00000112. The van der Waals surface area contributed by atoms with Gasteiger partial charge in [0, 0.05) is 9.35 Å². The monoisotopic (exact) mass is 303 g/mol. The van der Waals surface area contributed by atoms with Crippen molar-refractivity contribution in [3.63, 3.8) is 0 Å². The lowest BCUT2D eigenvalue weighted by molar-refractivity contribution is 0.893. The summed E-state index contributed by atoms with van der Waals surface area (Å²) in [6.07, 6.45) is 0. The van der Waals surface area contributed by atoms with Crippen molar-refractivity contribution >= 4 is 39.7 Å². The highest BCUT2D eigenvalue weighted by Gasteiger charge is 2.08. The maximum atomic E-state index is 6.11. The molecule has 0 fully saturated rings. The first-order valence-corrected chi connectivity index (χ1v) is 5.99. The van der Waals surface area contributed by atoms with Crippen molar-refractivity contribution < 1.29 is 0 Å². The summed E-state index contributed by atoms with van der Waals surface area (Å²) in [5, 5.41) is 2.05. The summed E-state index contributed by atoms with van der Waals surface area (Å²) in [5.41, 5.74) is 7.25. The predicted molar refractivity (Wildman–Crippen MR) is 71.7 cm³/mol. The second kappa shape index (κ2) is 5.66. The molecule has 1 atom stereocenters. The molecule has 0 aliphatic carbocycles. The molecule has 0 radical (unpaired) electrons. The smallest absolute Gasteiger partial charge is 0.0646 e. The molecule has 1 aromatic heterocycles. The van der Waals surface area contributed by atoms with Gasteiger partial charge < -0.3 is 5.73 Å². The fraction of sp³-hybridized carbons (Fsp3) is 0.0909. The minimum absolute atomic E-state index is 0. The molecule has 1 nitrogen and oxygen atoms in total. The van der Waals surface area contributed by atoms with Crippen LogP contribution in [0.25, 0.3) is 0 Å². The molecule has 80 valence electrons. The minimum Gasteiger partial charge on any atom is -0.320 e. The van der Waals surface area contributed by atoms with E-state index in [0.717, 1.165) is 10.0 Å². The molecule has 0 aliphatic rings. The van der Waals surface area contributed by atoms with Crippen molar-refractivity contribution in [2.24, 2.45) is 5.73 Å². The highest BCUT2D eigenvalue weighted by molar-refractivity contribution is 9.10. The van der Waals surface area contributed by atoms with E-state index in [0.29, 0.717) is 0 Å². The second-order valence-electron chi connectivity index (χ2n) is 3.04. The lowest BCUT2D eigenvalue weighted by atomic mass is 10.1. The van der Waals surface area contributed by atoms with Crippen molar-refractivity contribution in [2.45, 2.75) is 6.04 Å². The van der Waals surface area contributed by atoms with Gasteiger partial charge in [-0.25, -0.2) is 0 Å². The fourth-order valence-corrected chi connectivity index (χ4v) is 2.32. The van der Waals surface area contributed by atoms with Gasteiger partial charge in [-0.15, -0.1) is 23.7 Å². The van der Waals surface area contributed by atoms with E-state index in [1.165, 1.54) is 4.88 Å². The van der Waals surface area contributed by atoms with Crippen LogP contribution in [0.15, 0.2) is 46.3 Å². The first-order chi connectivity index (χ1) is 6.77. The van der Waals surface area contributed by atoms with E-state index >= 15 is 0 Å². The normalized spacial score (nSPS) is 11.9. The molecule has 0 spiro atoms. The highest BCUT2D eigenvalue weighted by atomic mass is 79.9. The average Bonchev–Trinajstić information content (AvgIpc) is 2.71. The van der Waals surface area contributed by atoms with Crippen molar-refractivity contribution in [1.29, 1.82) is 0 Å². The second-order valence-corrected chi connectivity index (χ2v) is 4.94. The van der Waals surface area contributed by atoms with Gasteiger partial charge in [0.05, 0.1) is 6.04 Å². The van der Waals surface area contributed by atoms with Crippen molar-refractivity contribution in [1.82, 2.24) is 0 Å². The molecule has 4 heteroatoms. The standard InChI is InChI=1S/C11H10BrNS.ClH/c12-9-5-3-8(4-6-9)11(13)10-2-1-7-14-10;/h1-7,11H,13H2;1H/t11-;/m1./s1.